The number of carbonyl (C=O) groups is 2. The van der Waals surface area contributed by atoms with E-state index in [0.29, 0.717) is 5.75 Å². The van der Waals surface area contributed by atoms with Gasteiger partial charge in [-0.1, -0.05) is 67.4 Å². The van der Waals surface area contributed by atoms with E-state index < -0.39 is 28.5 Å². The average molecular weight is 564 g/mol. The highest BCUT2D eigenvalue weighted by Gasteiger charge is 2.34. The minimum Gasteiger partial charge on any atom is -0.495 e. The van der Waals surface area contributed by atoms with Gasteiger partial charge in [-0.3, -0.25) is 13.9 Å². The molecule has 0 saturated heterocycles. The van der Waals surface area contributed by atoms with Crippen LogP contribution < -0.4 is 14.4 Å². The van der Waals surface area contributed by atoms with Gasteiger partial charge in [-0.2, -0.15) is 0 Å². The summed E-state index contributed by atoms with van der Waals surface area (Å²) in [7, 11) is -2.71. The molecule has 3 aromatic carbocycles. The summed E-state index contributed by atoms with van der Waals surface area (Å²) in [5.74, 6) is -0.428. The third-order valence-corrected chi connectivity index (χ3v) is 9.05. The number of hydrogen-bond acceptors (Lipinski definition) is 5. The van der Waals surface area contributed by atoms with E-state index in [1.165, 1.54) is 24.1 Å². The summed E-state index contributed by atoms with van der Waals surface area (Å²) in [6.45, 7) is 3.18. The predicted molar refractivity (Wildman–Crippen MR) is 156 cm³/mol. The Labute approximate surface area is 237 Å². The lowest BCUT2D eigenvalue weighted by Gasteiger charge is -2.33. The van der Waals surface area contributed by atoms with Crippen molar-refractivity contribution in [2.24, 2.45) is 0 Å². The molecule has 0 spiro atoms. The monoisotopic (exact) mass is 563 g/mol. The third-order valence-electron chi connectivity index (χ3n) is 7.28. The Morgan fingerprint density at radius 1 is 0.975 bits per heavy atom. The normalized spacial score (nSPS) is 14.4. The van der Waals surface area contributed by atoms with Crippen molar-refractivity contribution in [3.05, 3.63) is 90.0 Å². The molecule has 1 aliphatic rings. The molecule has 40 heavy (non-hydrogen) atoms. The van der Waals surface area contributed by atoms with E-state index in [4.69, 9.17) is 4.74 Å². The van der Waals surface area contributed by atoms with Gasteiger partial charge in [0.1, 0.15) is 18.3 Å². The van der Waals surface area contributed by atoms with Crippen LogP contribution in [0.25, 0.3) is 0 Å². The number of hydrogen-bond donors (Lipinski definition) is 1. The zero-order valence-corrected chi connectivity index (χ0v) is 24.1. The molecule has 0 aromatic heterocycles. The summed E-state index contributed by atoms with van der Waals surface area (Å²) in [6, 6.07) is 21.8. The number of anilines is 1. The van der Waals surface area contributed by atoms with Crippen molar-refractivity contribution in [3.8, 4) is 5.75 Å². The van der Waals surface area contributed by atoms with Gasteiger partial charge in [0.2, 0.25) is 11.8 Å². The van der Waals surface area contributed by atoms with Gasteiger partial charge < -0.3 is 15.0 Å². The minimum absolute atomic E-state index is 0.0491. The smallest absolute Gasteiger partial charge is 0.264 e. The van der Waals surface area contributed by atoms with Crippen molar-refractivity contribution in [2.45, 2.75) is 63.1 Å². The lowest BCUT2D eigenvalue weighted by atomic mass is 10.1. The highest BCUT2D eigenvalue weighted by molar-refractivity contribution is 7.92. The van der Waals surface area contributed by atoms with Crippen LogP contribution >= 0.6 is 0 Å². The Morgan fingerprint density at radius 3 is 2.23 bits per heavy atom. The van der Waals surface area contributed by atoms with Crippen LogP contribution in [0.5, 0.6) is 5.75 Å². The van der Waals surface area contributed by atoms with E-state index in [-0.39, 0.29) is 29.1 Å². The van der Waals surface area contributed by atoms with E-state index in [1.54, 1.807) is 37.3 Å². The Kier molecular flexibility index (Phi) is 9.47. The van der Waals surface area contributed by atoms with Gasteiger partial charge >= 0.3 is 0 Å². The van der Waals surface area contributed by atoms with E-state index in [9.17, 15) is 18.0 Å². The van der Waals surface area contributed by atoms with Gasteiger partial charge in [0.05, 0.1) is 17.7 Å². The van der Waals surface area contributed by atoms with Crippen LogP contribution in [0.15, 0.2) is 83.8 Å². The molecule has 9 heteroatoms. The number of nitrogens with one attached hydrogen (secondary N) is 1. The van der Waals surface area contributed by atoms with Gasteiger partial charge in [-0.05, 0) is 62.1 Å². The number of aryl methyl sites for hydroxylation is 1. The minimum atomic E-state index is -4.16. The first-order valence-corrected chi connectivity index (χ1v) is 15.0. The van der Waals surface area contributed by atoms with E-state index in [1.807, 2.05) is 43.3 Å². The highest BCUT2D eigenvalue weighted by Crippen LogP contribution is 2.33. The summed E-state index contributed by atoms with van der Waals surface area (Å²) in [5, 5.41) is 3.08. The summed E-state index contributed by atoms with van der Waals surface area (Å²) < 4.78 is 34.6. The van der Waals surface area contributed by atoms with Gasteiger partial charge in [0, 0.05) is 12.6 Å². The number of benzene rings is 3. The van der Waals surface area contributed by atoms with Gasteiger partial charge in [0.15, 0.2) is 0 Å². The molecule has 1 saturated carbocycles. The molecule has 0 heterocycles. The first kappa shape index (κ1) is 29.1. The highest BCUT2D eigenvalue weighted by atomic mass is 32.2. The number of methoxy groups -OCH3 is 1. The lowest BCUT2D eigenvalue weighted by molar-refractivity contribution is -0.139. The number of amides is 2. The maximum atomic E-state index is 14.1. The molecular formula is C31H37N3O5S. The number of carbonyl (C=O) groups excluding carboxylic acids is 2. The van der Waals surface area contributed by atoms with E-state index in [2.05, 4.69) is 5.32 Å². The molecule has 3 aromatic rings. The Morgan fingerprint density at radius 2 is 1.60 bits per heavy atom. The van der Waals surface area contributed by atoms with Crippen molar-refractivity contribution < 1.29 is 22.7 Å². The molecule has 8 nitrogen and oxygen atoms in total. The largest absolute Gasteiger partial charge is 0.495 e. The van der Waals surface area contributed by atoms with Crippen molar-refractivity contribution in [1.82, 2.24) is 10.2 Å². The molecule has 0 radical (unpaired) electrons. The van der Waals surface area contributed by atoms with Crippen LogP contribution in [0.1, 0.15) is 43.7 Å². The van der Waals surface area contributed by atoms with Crippen molar-refractivity contribution in [3.63, 3.8) is 0 Å². The molecule has 1 N–H and O–H groups in total. The van der Waals surface area contributed by atoms with Gasteiger partial charge in [-0.25, -0.2) is 8.42 Å². The second-order valence-electron chi connectivity index (χ2n) is 10.2. The first-order chi connectivity index (χ1) is 19.2. The second-order valence-corrected chi connectivity index (χ2v) is 12.0. The van der Waals surface area contributed by atoms with Gasteiger partial charge in [0.25, 0.3) is 10.0 Å². The standard InChI is InChI=1S/C31H37N3O5S/c1-23-18-19-29(39-3)28(20-23)34(40(37,38)27-16-8-5-9-17-27)22-30(35)33(21-25-12-6-4-7-13-25)24(2)31(36)32-26-14-10-11-15-26/h4-9,12-13,16-20,24,26H,10-11,14-15,21-22H2,1-3H3,(H,32,36)/t24-/m0/s1. The van der Waals surface area contributed by atoms with Crippen molar-refractivity contribution in [1.29, 1.82) is 0 Å². The van der Waals surface area contributed by atoms with Crippen LogP contribution in [0.2, 0.25) is 0 Å². The Hall–Kier alpha value is -3.85. The molecule has 212 valence electrons. The van der Waals surface area contributed by atoms with Crippen molar-refractivity contribution in [2.75, 3.05) is 18.0 Å². The molecule has 1 fully saturated rings. The average Bonchev–Trinajstić information content (AvgIpc) is 3.48. The fourth-order valence-electron chi connectivity index (χ4n) is 4.98. The summed E-state index contributed by atoms with van der Waals surface area (Å²) >= 11 is 0. The van der Waals surface area contributed by atoms with Crippen LogP contribution in [-0.4, -0.2) is 50.9 Å². The predicted octanol–water partition coefficient (Wildman–Crippen LogP) is 4.68. The number of rotatable bonds is 11. The summed E-state index contributed by atoms with van der Waals surface area (Å²) in [6.07, 6.45) is 3.97. The first-order valence-electron chi connectivity index (χ1n) is 13.6. The number of nitrogens with zero attached hydrogens (tertiary/aromatic N) is 2. The molecule has 0 aliphatic heterocycles. The molecule has 0 unspecified atom stereocenters. The maximum absolute atomic E-state index is 14.1. The van der Waals surface area contributed by atoms with Crippen molar-refractivity contribution >= 4 is 27.5 Å². The third kappa shape index (κ3) is 6.83. The summed E-state index contributed by atoms with van der Waals surface area (Å²) in [4.78, 5) is 28.9. The molecule has 0 bridgehead atoms. The zero-order valence-electron chi connectivity index (χ0n) is 23.2. The van der Waals surface area contributed by atoms with Gasteiger partial charge in [-0.15, -0.1) is 0 Å². The maximum Gasteiger partial charge on any atom is 0.264 e. The van der Waals surface area contributed by atoms with Crippen LogP contribution in [0.3, 0.4) is 0 Å². The SMILES string of the molecule is COc1ccc(C)cc1N(CC(=O)N(Cc1ccccc1)[C@@H](C)C(=O)NC1CCCC1)S(=O)(=O)c1ccccc1. The molecule has 2 amide bonds. The Balaban J connectivity index is 1.72. The fourth-order valence-corrected chi connectivity index (χ4v) is 6.42. The van der Waals surface area contributed by atoms with Crippen LogP contribution in [-0.2, 0) is 26.2 Å². The Bertz CT molecular complexity index is 1410. The summed E-state index contributed by atoms with van der Waals surface area (Å²) in [5.41, 5.74) is 1.89. The molecule has 1 aliphatic carbocycles. The molecule has 1 atom stereocenters. The number of sulfonamides is 1. The number of ether oxygens (including phenoxy) is 1. The fraction of sp³-hybridized carbons (Fsp3) is 0.355. The lowest BCUT2D eigenvalue weighted by Crippen LogP contribution is -2.52. The van der Waals surface area contributed by atoms with E-state index >= 15 is 0 Å². The van der Waals surface area contributed by atoms with E-state index in [0.717, 1.165) is 41.1 Å². The topological polar surface area (TPSA) is 96.0 Å². The van der Waals surface area contributed by atoms with Crippen LogP contribution in [0, 0.1) is 6.92 Å². The second kappa shape index (κ2) is 13.0. The molecule has 4 rings (SSSR count). The van der Waals surface area contributed by atoms with Crippen LogP contribution in [0.4, 0.5) is 5.69 Å². The quantitative estimate of drug-likeness (QED) is 0.366. The zero-order chi connectivity index (χ0) is 28.7. The molecular weight excluding hydrogens is 526 g/mol.